The van der Waals surface area contributed by atoms with Crippen LogP contribution < -0.4 is 8.92 Å². The molecule has 0 bridgehead atoms. The minimum atomic E-state index is -4.16. The highest BCUT2D eigenvalue weighted by atomic mass is 35.5. The predicted molar refractivity (Wildman–Crippen MR) is 140 cm³/mol. The highest BCUT2D eigenvalue weighted by molar-refractivity contribution is 8.18. The van der Waals surface area contributed by atoms with Crippen molar-refractivity contribution in [2.24, 2.45) is 0 Å². The average Bonchev–Trinajstić information content (AvgIpc) is 3.10. The summed E-state index contributed by atoms with van der Waals surface area (Å²) < 4.78 is 36.4. The van der Waals surface area contributed by atoms with E-state index in [1.165, 1.54) is 35.2 Å². The van der Waals surface area contributed by atoms with E-state index in [-0.39, 0.29) is 44.7 Å². The zero-order chi connectivity index (χ0) is 25.9. The van der Waals surface area contributed by atoms with Crippen molar-refractivity contribution in [3.63, 3.8) is 0 Å². The van der Waals surface area contributed by atoms with Crippen LogP contribution in [0.15, 0.2) is 76.5 Å². The Labute approximate surface area is 218 Å². The largest absolute Gasteiger partial charge is 0.490 e. The van der Waals surface area contributed by atoms with Crippen molar-refractivity contribution in [1.29, 1.82) is 0 Å². The summed E-state index contributed by atoms with van der Waals surface area (Å²) in [5, 5.41) is -0.398. The topological polar surface area (TPSA) is 90.0 Å². The molecule has 1 aliphatic heterocycles. The smallest absolute Gasteiger partial charge is 0.339 e. The molecule has 36 heavy (non-hydrogen) atoms. The van der Waals surface area contributed by atoms with Crippen LogP contribution in [0.1, 0.15) is 23.6 Å². The van der Waals surface area contributed by atoms with Gasteiger partial charge in [0.1, 0.15) is 4.90 Å². The number of ether oxygens (including phenoxy) is 1. The molecule has 0 aliphatic carbocycles. The van der Waals surface area contributed by atoms with Crippen LogP contribution in [0, 0.1) is 6.92 Å². The second-order valence-corrected chi connectivity index (χ2v) is 10.8. The quantitative estimate of drug-likeness (QED) is 0.252. The van der Waals surface area contributed by atoms with E-state index >= 15 is 0 Å². The van der Waals surface area contributed by atoms with Gasteiger partial charge < -0.3 is 8.92 Å². The molecule has 3 aromatic carbocycles. The van der Waals surface area contributed by atoms with E-state index in [1.54, 1.807) is 25.1 Å². The summed E-state index contributed by atoms with van der Waals surface area (Å²) >= 11 is 7.23. The van der Waals surface area contributed by atoms with Crippen LogP contribution in [0.2, 0.25) is 5.02 Å². The molecule has 2 amide bonds. The van der Waals surface area contributed by atoms with Gasteiger partial charge >= 0.3 is 10.1 Å². The third-order valence-electron chi connectivity index (χ3n) is 5.32. The normalized spacial score (nSPS) is 15.0. The second kappa shape index (κ2) is 10.8. The van der Waals surface area contributed by atoms with Gasteiger partial charge in [-0.2, -0.15) is 8.42 Å². The molecule has 0 atom stereocenters. The number of carbonyl (C=O) groups is 2. The van der Waals surface area contributed by atoms with Gasteiger partial charge in [-0.05, 0) is 72.6 Å². The standard InChI is InChI=1S/C26H22ClNO6S2/c1-3-33-22-14-18(13-21(27)24(22)34-36(31,32)20-11-5-4-6-12-20)15-23-25(29)28(26(30)35-23)16-19-10-8-7-9-17(19)2/h4-15H,3,16H2,1-2H3/b23-15-. The van der Waals surface area contributed by atoms with Crippen LogP contribution in [0.4, 0.5) is 4.79 Å². The molecule has 0 aromatic heterocycles. The summed E-state index contributed by atoms with van der Waals surface area (Å²) in [5.74, 6) is -0.489. The first-order chi connectivity index (χ1) is 17.2. The fraction of sp³-hybridized carbons (Fsp3) is 0.154. The van der Waals surface area contributed by atoms with Crippen molar-refractivity contribution >= 4 is 50.7 Å². The number of benzene rings is 3. The third-order valence-corrected chi connectivity index (χ3v) is 7.74. The van der Waals surface area contributed by atoms with Crippen molar-refractivity contribution in [2.75, 3.05) is 6.61 Å². The van der Waals surface area contributed by atoms with Gasteiger partial charge in [-0.3, -0.25) is 14.5 Å². The Bertz CT molecular complexity index is 1450. The lowest BCUT2D eigenvalue weighted by Gasteiger charge is -2.15. The van der Waals surface area contributed by atoms with Crippen LogP contribution in [0.25, 0.3) is 6.08 Å². The van der Waals surface area contributed by atoms with Crippen LogP contribution in [0.3, 0.4) is 0 Å². The van der Waals surface area contributed by atoms with E-state index in [0.717, 1.165) is 22.9 Å². The fourth-order valence-electron chi connectivity index (χ4n) is 3.51. The first-order valence-electron chi connectivity index (χ1n) is 11.0. The van der Waals surface area contributed by atoms with Crippen LogP contribution in [0.5, 0.6) is 11.5 Å². The SMILES string of the molecule is CCOc1cc(/C=C2\SC(=O)N(Cc3ccccc3C)C2=O)cc(Cl)c1OS(=O)(=O)c1ccccc1. The second-order valence-electron chi connectivity index (χ2n) is 7.81. The van der Waals surface area contributed by atoms with Crippen LogP contribution in [-0.4, -0.2) is 31.1 Å². The molecule has 1 saturated heterocycles. The summed E-state index contributed by atoms with van der Waals surface area (Å²) in [5.41, 5.74) is 2.31. The summed E-state index contributed by atoms with van der Waals surface area (Å²) in [6, 6.07) is 18.2. The number of nitrogens with zero attached hydrogens (tertiary/aromatic N) is 1. The van der Waals surface area contributed by atoms with E-state index in [0.29, 0.717) is 5.56 Å². The molecule has 1 fully saturated rings. The minimum absolute atomic E-state index is 0.0224. The Morgan fingerprint density at radius 1 is 1.03 bits per heavy atom. The van der Waals surface area contributed by atoms with Crippen LogP contribution >= 0.6 is 23.4 Å². The van der Waals surface area contributed by atoms with E-state index in [1.807, 2.05) is 31.2 Å². The highest BCUT2D eigenvalue weighted by Crippen LogP contribution is 2.40. The number of hydrogen-bond donors (Lipinski definition) is 0. The zero-order valence-electron chi connectivity index (χ0n) is 19.4. The van der Waals surface area contributed by atoms with Crippen molar-refractivity contribution in [2.45, 2.75) is 25.3 Å². The summed E-state index contributed by atoms with van der Waals surface area (Å²) in [4.78, 5) is 26.9. The molecule has 1 aliphatic rings. The maximum Gasteiger partial charge on any atom is 0.339 e. The Kier molecular flexibility index (Phi) is 7.73. The molecule has 0 saturated carbocycles. The lowest BCUT2D eigenvalue weighted by atomic mass is 10.1. The number of aryl methyl sites for hydroxylation is 1. The maximum atomic E-state index is 13.0. The molecule has 0 N–H and O–H groups in total. The molecule has 4 rings (SSSR count). The summed E-state index contributed by atoms with van der Waals surface area (Å²) in [6.07, 6.45) is 1.52. The maximum absolute atomic E-state index is 13.0. The minimum Gasteiger partial charge on any atom is -0.490 e. The van der Waals surface area contributed by atoms with Gasteiger partial charge in [-0.25, -0.2) is 0 Å². The fourth-order valence-corrected chi connectivity index (χ4v) is 5.63. The predicted octanol–water partition coefficient (Wildman–Crippen LogP) is 6.05. The van der Waals surface area contributed by atoms with Gasteiger partial charge in [0, 0.05) is 0 Å². The van der Waals surface area contributed by atoms with Gasteiger partial charge in [-0.15, -0.1) is 0 Å². The Morgan fingerprint density at radius 2 is 1.72 bits per heavy atom. The number of rotatable bonds is 8. The lowest BCUT2D eigenvalue weighted by Crippen LogP contribution is -2.27. The molecule has 186 valence electrons. The monoisotopic (exact) mass is 543 g/mol. The molecule has 0 unspecified atom stereocenters. The zero-order valence-corrected chi connectivity index (χ0v) is 21.8. The molecular weight excluding hydrogens is 522 g/mol. The van der Waals surface area contributed by atoms with Gasteiger partial charge in [0.05, 0.1) is 23.1 Å². The Hall–Kier alpha value is -3.27. The Balaban J connectivity index is 1.63. The number of thioether (sulfide) groups is 1. The number of halogens is 1. The van der Waals surface area contributed by atoms with E-state index in [4.69, 9.17) is 20.5 Å². The summed E-state index contributed by atoms with van der Waals surface area (Å²) in [7, 11) is -4.16. The van der Waals surface area contributed by atoms with Crippen molar-refractivity contribution in [3.8, 4) is 11.5 Å². The highest BCUT2D eigenvalue weighted by Gasteiger charge is 2.35. The molecule has 0 radical (unpaired) electrons. The molecule has 3 aromatic rings. The number of carbonyl (C=O) groups excluding carboxylic acids is 2. The van der Waals surface area contributed by atoms with Crippen molar-refractivity contribution in [3.05, 3.63) is 93.3 Å². The Morgan fingerprint density at radius 3 is 2.42 bits per heavy atom. The van der Waals surface area contributed by atoms with Crippen LogP contribution in [-0.2, 0) is 21.5 Å². The summed E-state index contributed by atoms with van der Waals surface area (Å²) in [6.45, 7) is 4.04. The van der Waals surface area contributed by atoms with E-state index in [9.17, 15) is 18.0 Å². The van der Waals surface area contributed by atoms with Gasteiger partial charge in [0.2, 0.25) is 5.75 Å². The molecule has 1 heterocycles. The van der Waals surface area contributed by atoms with E-state index in [2.05, 4.69) is 0 Å². The lowest BCUT2D eigenvalue weighted by molar-refractivity contribution is -0.123. The van der Waals surface area contributed by atoms with Crippen molar-refractivity contribution in [1.82, 2.24) is 4.90 Å². The van der Waals surface area contributed by atoms with Gasteiger partial charge in [0.25, 0.3) is 11.1 Å². The van der Waals surface area contributed by atoms with E-state index < -0.39 is 16.0 Å². The first kappa shape index (κ1) is 25.8. The number of amides is 2. The number of imide groups is 1. The first-order valence-corrected chi connectivity index (χ1v) is 13.6. The van der Waals surface area contributed by atoms with Gasteiger partial charge in [-0.1, -0.05) is 54.1 Å². The third kappa shape index (κ3) is 5.59. The number of hydrogen-bond acceptors (Lipinski definition) is 7. The molecular formula is C26H22ClNO6S2. The molecule has 10 heteroatoms. The molecule has 0 spiro atoms. The molecule has 7 nitrogen and oxygen atoms in total. The van der Waals surface area contributed by atoms with Gasteiger partial charge in [0.15, 0.2) is 5.75 Å². The average molecular weight is 544 g/mol. The van der Waals surface area contributed by atoms with Crippen molar-refractivity contribution < 1.29 is 26.9 Å².